The predicted molar refractivity (Wildman–Crippen MR) is 87.6 cm³/mol. The average Bonchev–Trinajstić information content (AvgIpc) is 3.19. The van der Waals surface area contributed by atoms with Crippen LogP contribution in [0.2, 0.25) is 0 Å². The van der Waals surface area contributed by atoms with Crippen molar-refractivity contribution in [2.24, 2.45) is 17.8 Å². The summed E-state index contributed by atoms with van der Waals surface area (Å²) in [5.74, 6) is 1.09. The Kier molecular flexibility index (Phi) is 3.59. The number of carbonyl (C=O) groups excluding carboxylic acids is 1. The van der Waals surface area contributed by atoms with Crippen LogP contribution in [0.4, 0.5) is 0 Å². The SMILES string of the molecule is Cc1c(O)ccc2c(COC(=O)[C@@H]3C[C@H]4CC[C@H]3C4)cc(=O)oc12. The minimum atomic E-state index is -0.512. The predicted octanol–water partition coefficient (Wildman–Crippen LogP) is 3.29. The normalized spacial score (nSPS) is 25.3. The molecule has 1 heterocycles. The standard InChI is InChI=1S/C19H20O5/c1-10-16(20)5-4-14-13(8-17(21)24-18(10)14)9-23-19(22)15-7-11-2-3-12(15)6-11/h4-5,8,11-12,15,20H,2-3,6-7,9H2,1H3/t11-,12-,15+/m0/s1. The summed E-state index contributed by atoms with van der Waals surface area (Å²) in [6.45, 7) is 1.74. The van der Waals surface area contributed by atoms with E-state index in [1.54, 1.807) is 19.1 Å². The van der Waals surface area contributed by atoms with Gasteiger partial charge in [0.1, 0.15) is 17.9 Å². The Balaban J connectivity index is 1.57. The van der Waals surface area contributed by atoms with Gasteiger partial charge in [-0.15, -0.1) is 0 Å². The molecule has 0 amide bonds. The topological polar surface area (TPSA) is 76.7 Å². The van der Waals surface area contributed by atoms with E-state index >= 15 is 0 Å². The van der Waals surface area contributed by atoms with Crippen molar-refractivity contribution in [2.75, 3.05) is 0 Å². The number of esters is 1. The lowest BCUT2D eigenvalue weighted by atomic mass is 9.89. The van der Waals surface area contributed by atoms with Gasteiger partial charge in [0.05, 0.1) is 5.92 Å². The molecule has 0 radical (unpaired) electrons. The van der Waals surface area contributed by atoms with Crippen molar-refractivity contribution in [1.29, 1.82) is 0 Å². The number of rotatable bonds is 3. The van der Waals surface area contributed by atoms with Crippen LogP contribution in [-0.2, 0) is 16.1 Å². The van der Waals surface area contributed by atoms with E-state index < -0.39 is 5.63 Å². The highest BCUT2D eigenvalue weighted by molar-refractivity contribution is 5.85. The van der Waals surface area contributed by atoms with E-state index in [2.05, 4.69) is 0 Å². The summed E-state index contributed by atoms with van der Waals surface area (Å²) >= 11 is 0. The minimum Gasteiger partial charge on any atom is -0.508 e. The molecule has 24 heavy (non-hydrogen) atoms. The number of aryl methyl sites for hydroxylation is 1. The van der Waals surface area contributed by atoms with Gasteiger partial charge in [-0.25, -0.2) is 4.79 Å². The summed E-state index contributed by atoms with van der Waals surface area (Å²) in [6.07, 6.45) is 4.45. The molecule has 5 nitrogen and oxygen atoms in total. The van der Waals surface area contributed by atoms with Crippen molar-refractivity contribution < 1.29 is 19.1 Å². The van der Waals surface area contributed by atoms with E-state index in [9.17, 15) is 14.7 Å². The number of carbonyl (C=O) groups is 1. The lowest BCUT2D eigenvalue weighted by Gasteiger charge is -2.20. The molecule has 0 spiro atoms. The number of benzene rings is 1. The van der Waals surface area contributed by atoms with Gasteiger partial charge in [0.2, 0.25) is 0 Å². The fourth-order valence-corrected chi connectivity index (χ4v) is 4.32. The summed E-state index contributed by atoms with van der Waals surface area (Å²) in [4.78, 5) is 24.2. The lowest BCUT2D eigenvalue weighted by molar-refractivity contribution is -0.151. The first-order valence-corrected chi connectivity index (χ1v) is 8.45. The van der Waals surface area contributed by atoms with Crippen molar-refractivity contribution in [3.63, 3.8) is 0 Å². The Hall–Kier alpha value is -2.30. The van der Waals surface area contributed by atoms with E-state index in [1.165, 1.54) is 12.5 Å². The van der Waals surface area contributed by atoms with Crippen molar-refractivity contribution in [3.05, 3.63) is 39.7 Å². The number of ether oxygens (including phenoxy) is 1. The van der Waals surface area contributed by atoms with Crippen molar-refractivity contribution >= 4 is 16.9 Å². The average molecular weight is 328 g/mol. The fourth-order valence-electron chi connectivity index (χ4n) is 4.32. The summed E-state index contributed by atoms with van der Waals surface area (Å²) in [5, 5.41) is 10.5. The summed E-state index contributed by atoms with van der Waals surface area (Å²) in [7, 11) is 0. The van der Waals surface area contributed by atoms with Gasteiger partial charge in [-0.1, -0.05) is 6.42 Å². The molecule has 2 saturated carbocycles. The van der Waals surface area contributed by atoms with Gasteiger partial charge in [0.25, 0.3) is 0 Å². The van der Waals surface area contributed by atoms with Crippen LogP contribution in [0.3, 0.4) is 0 Å². The summed E-state index contributed by atoms with van der Waals surface area (Å²) in [6, 6.07) is 4.59. The maximum Gasteiger partial charge on any atom is 0.336 e. The van der Waals surface area contributed by atoms with E-state index in [4.69, 9.17) is 9.15 Å². The maximum atomic E-state index is 12.4. The van der Waals surface area contributed by atoms with Crippen LogP contribution >= 0.6 is 0 Å². The molecule has 0 aliphatic heterocycles. The second-order valence-corrected chi connectivity index (χ2v) is 7.07. The third-order valence-corrected chi connectivity index (χ3v) is 5.63. The van der Waals surface area contributed by atoms with E-state index in [0.717, 1.165) is 19.3 Å². The lowest BCUT2D eigenvalue weighted by Crippen LogP contribution is -2.23. The molecule has 1 N–H and O–H groups in total. The Bertz CT molecular complexity index is 866. The van der Waals surface area contributed by atoms with Gasteiger partial charge < -0.3 is 14.3 Å². The third kappa shape index (κ3) is 2.48. The zero-order chi connectivity index (χ0) is 16.8. The smallest absolute Gasteiger partial charge is 0.336 e. The van der Waals surface area contributed by atoms with Crippen LogP contribution < -0.4 is 5.63 Å². The van der Waals surface area contributed by atoms with Gasteiger partial charge in [-0.3, -0.25) is 4.79 Å². The molecule has 2 aliphatic rings. The van der Waals surface area contributed by atoms with Gasteiger partial charge in [-0.05, 0) is 50.2 Å². The third-order valence-electron chi connectivity index (χ3n) is 5.63. The first-order valence-electron chi connectivity index (χ1n) is 8.45. The van der Waals surface area contributed by atoms with Crippen molar-refractivity contribution in [2.45, 2.75) is 39.2 Å². The quantitative estimate of drug-likeness (QED) is 0.691. The van der Waals surface area contributed by atoms with Crippen LogP contribution in [-0.4, -0.2) is 11.1 Å². The molecule has 4 rings (SSSR count). The van der Waals surface area contributed by atoms with Crippen LogP contribution in [0.15, 0.2) is 27.4 Å². The molecule has 2 bridgehead atoms. The molecular formula is C19H20O5. The van der Waals surface area contributed by atoms with Crippen LogP contribution in [0.1, 0.15) is 36.8 Å². The molecular weight excluding hydrogens is 308 g/mol. The number of hydrogen-bond acceptors (Lipinski definition) is 5. The van der Waals surface area contributed by atoms with Crippen molar-refractivity contribution in [3.8, 4) is 5.75 Å². The molecule has 3 atom stereocenters. The number of phenolic OH excluding ortho intramolecular Hbond substituents is 1. The Morgan fingerprint density at radius 1 is 1.33 bits per heavy atom. The number of hydrogen-bond donors (Lipinski definition) is 1. The molecule has 5 heteroatoms. The van der Waals surface area contributed by atoms with Crippen LogP contribution in [0, 0.1) is 24.7 Å². The number of aromatic hydroxyl groups is 1. The van der Waals surface area contributed by atoms with E-state index in [-0.39, 0.29) is 24.2 Å². The highest BCUT2D eigenvalue weighted by Gasteiger charge is 2.43. The van der Waals surface area contributed by atoms with Crippen LogP contribution in [0.5, 0.6) is 5.75 Å². The largest absolute Gasteiger partial charge is 0.508 e. The zero-order valence-corrected chi connectivity index (χ0v) is 13.6. The Morgan fingerprint density at radius 3 is 2.88 bits per heavy atom. The molecule has 2 fully saturated rings. The molecule has 0 saturated heterocycles. The van der Waals surface area contributed by atoms with E-state index in [1.807, 2.05) is 0 Å². The van der Waals surface area contributed by atoms with E-state index in [0.29, 0.717) is 33.9 Å². The highest BCUT2D eigenvalue weighted by Crippen LogP contribution is 2.48. The second kappa shape index (κ2) is 5.65. The van der Waals surface area contributed by atoms with Crippen molar-refractivity contribution in [1.82, 2.24) is 0 Å². The first kappa shape index (κ1) is 15.2. The monoisotopic (exact) mass is 328 g/mol. The van der Waals surface area contributed by atoms with Gasteiger partial charge >= 0.3 is 11.6 Å². The van der Waals surface area contributed by atoms with Crippen LogP contribution in [0.25, 0.3) is 11.0 Å². The van der Waals surface area contributed by atoms with Gasteiger partial charge in [-0.2, -0.15) is 0 Å². The van der Waals surface area contributed by atoms with Gasteiger partial charge in [0, 0.05) is 22.6 Å². The molecule has 2 aliphatic carbocycles. The Labute approximate surface area is 139 Å². The minimum absolute atomic E-state index is 0.0147. The van der Waals surface area contributed by atoms with Gasteiger partial charge in [0.15, 0.2) is 0 Å². The molecule has 0 unspecified atom stereocenters. The first-order chi connectivity index (χ1) is 11.5. The number of phenols is 1. The summed E-state index contributed by atoms with van der Waals surface area (Å²) < 4.78 is 10.7. The highest BCUT2D eigenvalue weighted by atomic mass is 16.5. The maximum absolute atomic E-state index is 12.4. The molecule has 2 aromatic rings. The molecule has 126 valence electrons. The fraction of sp³-hybridized carbons (Fsp3) is 0.474. The molecule has 1 aromatic heterocycles. The number of fused-ring (bicyclic) bond motifs is 3. The second-order valence-electron chi connectivity index (χ2n) is 7.07. The zero-order valence-electron chi connectivity index (χ0n) is 13.6. The summed E-state index contributed by atoms with van der Waals surface area (Å²) in [5.41, 5.74) is 0.947. The Morgan fingerprint density at radius 2 is 2.17 bits per heavy atom. The molecule has 1 aromatic carbocycles.